The van der Waals surface area contributed by atoms with E-state index in [2.05, 4.69) is 0 Å². The minimum atomic E-state index is -0.365. The molecule has 0 aromatic rings. The molecule has 0 aromatic carbocycles. The molecule has 1 atom stereocenters. The number of halogens is 1. The number of rotatable bonds is 4. The monoisotopic (exact) mass is 167 g/mol. The SMILES string of the molecule is Cl.NCCC(N)CC(N)=O. The third-order valence-corrected chi connectivity index (χ3v) is 1.00. The zero-order valence-corrected chi connectivity index (χ0v) is 6.56. The van der Waals surface area contributed by atoms with Crippen LogP contribution in [0.5, 0.6) is 0 Å². The highest BCUT2D eigenvalue weighted by atomic mass is 35.5. The lowest BCUT2D eigenvalue weighted by Crippen LogP contribution is -2.29. The summed E-state index contributed by atoms with van der Waals surface area (Å²) in [6.07, 6.45) is 0.889. The Kier molecular flexibility index (Phi) is 8.40. The van der Waals surface area contributed by atoms with Gasteiger partial charge in [-0.3, -0.25) is 4.79 Å². The highest BCUT2D eigenvalue weighted by Crippen LogP contribution is 1.89. The van der Waals surface area contributed by atoms with Crippen LogP contribution in [-0.2, 0) is 4.79 Å². The summed E-state index contributed by atoms with van der Waals surface area (Å²) in [6, 6.07) is -0.160. The van der Waals surface area contributed by atoms with Crippen LogP contribution in [-0.4, -0.2) is 18.5 Å². The molecular weight excluding hydrogens is 154 g/mol. The maximum Gasteiger partial charge on any atom is 0.218 e. The minimum absolute atomic E-state index is 0. The summed E-state index contributed by atoms with van der Waals surface area (Å²) in [5.41, 5.74) is 15.4. The van der Waals surface area contributed by atoms with Gasteiger partial charge in [0.2, 0.25) is 5.91 Å². The summed E-state index contributed by atoms with van der Waals surface area (Å²) in [4.78, 5) is 10.2. The summed E-state index contributed by atoms with van der Waals surface area (Å²) in [5, 5.41) is 0. The zero-order chi connectivity index (χ0) is 7.28. The van der Waals surface area contributed by atoms with Crippen molar-refractivity contribution in [3.05, 3.63) is 0 Å². The van der Waals surface area contributed by atoms with Gasteiger partial charge in [0.15, 0.2) is 0 Å². The van der Waals surface area contributed by atoms with Crippen molar-refractivity contribution in [1.29, 1.82) is 0 Å². The summed E-state index contributed by atoms with van der Waals surface area (Å²) in [6.45, 7) is 0.508. The Labute approximate surface area is 66.5 Å². The van der Waals surface area contributed by atoms with E-state index >= 15 is 0 Å². The highest BCUT2D eigenvalue weighted by molar-refractivity contribution is 5.85. The van der Waals surface area contributed by atoms with Crippen LogP contribution < -0.4 is 17.2 Å². The lowest BCUT2D eigenvalue weighted by Gasteiger charge is -2.05. The summed E-state index contributed by atoms with van der Waals surface area (Å²) < 4.78 is 0. The van der Waals surface area contributed by atoms with E-state index in [1.807, 2.05) is 0 Å². The van der Waals surface area contributed by atoms with Crippen LogP contribution in [0.2, 0.25) is 0 Å². The molecule has 1 amide bonds. The molecule has 0 bridgehead atoms. The van der Waals surface area contributed by atoms with E-state index in [1.54, 1.807) is 0 Å². The second kappa shape index (κ2) is 6.80. The number of carbonyl (C=O) groups is 1. The van der Waals surface area contributed by atoms with E-state index < -0.39 is 0 Å². The van der Waals surface area contributed by atoms with Gasteiger partial charge in [0.25, 0.3) is 0 Å². The lowest BCUT2D eigenvalue weighted by molar-refractivity contribution is -0.118. The van der Waals surface area contributed by atoms with Crippen molar-refractivity contribution in [1.82, 2.24) is 0 Å². The van der Waals surface area contributed by atoms with E-state index in [4.69, 9.17) is 17.2 Å². The quantitative estimate of drug-likeness (QED) is 0.499. The lowest BCUT2D eigenvalue weighted by atomic mass is 10.1. The fraction of sp³-hybridized carbons (Fsp3) is 0.800. The van der Waals surface area contributed by atoms with Gasteiger partial charge >= 0.3 is 0 Å². The number of primary amides is 1. The van der Waals surface area contributed by atoms with Crippen molar-refractivity contribution < 1.29 is 4.79 Å². The molecule has 0 aromatic heterocycles. The topological polar surface area (TPSA) is 95.1 Å². The van der Waals surface area contributed by atoms with Gasteiger partial charge in [0.1, 0.15) is 0 Å². The number of amides is 1. The number of carbonyl (C=O) groups excluding carboxylic acids is 1. The molecule has 0 fully saturated rings. The van der Waals surface area contributed by atoms with Crippen LogP contribution in [0, 0.1) is 0 Å². The first-order valence-corrected chi connectivity index (χ1v) is 2.90. The molecular formula is C5H14ClN3O. The van der Waals surface area contributed by atoms with Crippen LogP contribution in [0.4, 0.5) is 0 Å². The molecule has 0 spiro atoms. The molecule has 0 aliphatic heterocycles. The first-order chi connectivity index (χ1) is 4.16. The van der Waals surface area contributed by atoms with Gasteiger partial charge < -0.3 is 17.2 Å². The Hall–Kier alpha value is -0.320. The molecule has 5 heteroatoms. The fourth-order valence-corrected chi connectivity index (χ4v) is 0.575. The van der Waals surface area contributed by atoms with E-state index in [1.165, 1.54) is 0 Å². The number of hydrogen-bond acceptors (Lipinski definition) is 3. The van der Waals surface area contributed by atoms with Crippen LogP contribution >= 0.6 is 12.4 Å². The highest BCUT2D eigenvalue weighted by Gasteiger charge is 2.03. The third kappa shape index (κ3) is 7.68. The summed E-state index contributed by atoms with van der Waals surface area (Å²) in [7, 11) is 0. The first-order valence-electron chi connectivity index (χ1n) is 2.90. The molecule has 0 heterocycles. The number of nitrogens with two attached hydrogens (primary N) is 3. The van der Waals surface area contributed by atoms with Gasteiger partial charge in [-0.2, -0.15) is 0 Å². The first kappa shape index (κ1) is 12.4. The van der Waals surface area contributed by atoms with Crippen LogP contribution in [0.25, 0.3) is 0 Å². The van der Waals surface area contributed by atoms with Crippen molar-refractivity contribution in [2.45, 2.75) is 18.9 Å². The number of hydrogen-bond donors (Lipinski definition) is 3. The summed E-state index contributed by atoms with van der Waals surface area (Å²) in [5.74, 6) is -0.365. The maximum absolute atomic E-state index is 10.2. The predicted octanol–water partition coefficient (Wildman–Crippen LogP) is -1.04. The van der Waals surface area contributed by atoms with E-state index in [9.17, 15) is 4.79 Å². The van der Waals surface area contributed by atoms with E-state index in [0.717, 1.165) is 0 Å². The average molecular weight is 168 g/mol. The Morgan fingerprint density at radius 3 is 2.30 bits per heavy atom. The second-order valence-electron chi connectivity index (χ2n) is 2.01. The molecule has 6 N–H and O–H groups in total. The standard InChI is InChI=1S/C5H13N3O.ClH/c6-2-1-4(7)3-5(8)9;/h4H,1-3,6-7H2,(H2,8,9);1H. The molecule has 0 aliphatic rings. The van der Waals surface area contributed by atoms with Gasteiger partial charge in [-0.1, -0.05) is 0 Å². The molecule has 0 saturated carbocycles. The Morgan fingerprint density at radius 1 is 1.50 bits per heavy atom. The van der Waals surface area contributed by atoms with Crippen molar-refractivity contribution >= 4 is 18.3 Å². The molecule has 0 saturated heterocycles. The maximum atomic E-state index is 10.2. The van der Waals surface area contributed by atoms with Crippen molar-refractivity contribution in [3.63, 3.8) is 0 Å². The molecule has 1 unspecified atom stereocenters. The third-order valence-electron chi connectivity index (χ3n) is 1.00. The van der Waals surface area contributed by atoms with Gasteiger partial charge in [-0.25, -0.2) is 0 Å². The predicted molar refractivity (Wildman–Crippen MR) is 42.7 cm³/mol. The van der Waals surface area contributed by atoms with E-state index in [0.29, 0.717) is 13.0 Å². The minimum Gasteiger partial charge on any atom is -0.370 e. The normalized spacial score (nSPS) is 11.8. The van der Waals surface area contributed by atoms with Crippen LogP contribution in [0.15, 0.2) is 0 Å². The van der Waals surface area contributed by atoms with Gasteiger partial charge in [0, 0.05) is 12.5 Å². The molecule has 0 radical (unpaired) electrons. The second-order valence-corrected chi connectivity index (χ2v) is 2.01. The van der Waals surface area contributed by atoms with Crippen molar-refractivity contribution in [3.8, 4) is 0 Å². The molecule has 0 rings (SSSR count). The zero-order valence-electron chi connectivity index (χ0n) is 5.75. The van der Waals surface area contributed by atoms with Crippen LogP contribution in [0.3, 0.4) is 0 Å². The molecule has 0 aliphatic carbocycles. The molecule has 4 nitrogen and oxygen atoms in total. The average Bonchev–Trinajstić information content (AvgIpc) is 1.63. The van der Waals surface area contributed by atoms with Gasteiger partial charge in [0.05, 0.1) is 0 Å². The van der Waals surface area contributed by atoms with Crippen molar-refractivity contribution in [2.24, 2.45) is 17.2 Å². The molecule has 62 valence electrons. The molecule has 10 heavy (non-hydrogen) atoms. The summed E-state index contributed by atoms with van der Waals surface area (Å²) >= 11 is 0. The van der Waals surface area contributed by atoms with Crippen LogP contribution in [0.1, 0.15) is 12.8 Å². The van der Waals surface area contributed by atoms with Gasteiger partial charge in [-0.15, -0.1) is 12.4 Å². The Morgan fingerprint density at radius 2 is 2.00 bits per heavy atom. The van der Waals surface area contributed by atoms with E-state index in [-0.39, 0.29) is 30.8 Å². The van der Waals surface area contributed by atoms with Crippen molar-refractivity contribution in [2.75, 3.05) is 6.54 Å². The van der Waals surface area contributed by atoms with Gasteiger partial charge in [-0.05, 0) is 13.0 Å². The fourth-order valence-electron chi connectivity index (χ4n) is 0.575. The smallest absolute Gasteiger partial charge is 0.218 e. The Balaban J connectivity index is 0. The Bertz CT molecular complexity index is 98.9. The largest absolute Gasteiger partial charge is 0.370 e.